The summed E-state index contributed by atoms with van der Waals surface area (Å²) in [5.41, 5.74) is 3.52. The Morgan fingerprint density at radius 1 is 1.26 bits per heavy atom. The third-order valence-corrected chi connectivity index (χ3v) is 4.07. The smallest absolute Gasteiger partial charge is 0.187 e. The monoisotopic (exact) mass is 255 g/mol. The molecule has 2 aliphatic carbocycles. The molecule has 1 spiro atoms. The van der Waals surface area contributed by atoms with E-state index in [0.29, 0.717) is 0 Å². The molecule has 2 atom stereocenters. The van der Waals surface area contributed by atoms with E-state index in [9.17, 15) is 4.79 Å². The van der Waals surface area contributed by atoms with Gasteiger partial charge >= 0.3 is 0 Å². The summed E-state index contributed by atoms with van der Waals surface area (Å²) in [4.78, 5) is 11.9. The van der Waals surface area contributed by atoms with Crippen LogP contribution in [0.4, 0.5) is 0 Å². The average Bonchev–Trinajstić information content (AvgIpc) is 2.99. The summed E-state index contributed by atoms with van der Waals surface area (Å²) in [5.74, 6) is 1.71. The fraction of sp³-hybridized carbons (Fsp3) is 0.471. The molecule has 2 fully saturated rings. The van der Waals surface area contributed by atoms with Gasteiger partial charge in [-0.1, -0.05) is 45.0 Å². The van der Waals surface area contributed by atoms with Crippen molar-refractivity contribution in [2.45, 2.75) is 32.6 Å². The van der Waals surface area contributed by atoms with Crippen LogP contribution in [0.25, 0.3) is 0 Å². The summed E-state index contributed by atoms with van der Waals surface area (Å²) in [7, 11) is 0. The highest BCUT2D eigenvalue weighted by Crippen LogP contribution is 2.63. The Kier molecular flexibility index (Phi) is 2.77. The van der Waals surface area contributed by atoms with Gasteiger partial charge in [0.2, 0.25) is 0 Å². The average molecular weight is 255 g/mol. The van der Waals surface area contributed by atoms with E-state index < -0.39 is 0 Å². The van der Waals surface area contributed by atoms with Gasteiger partial charge in [-0.15, -0.1) is 0 Å². The first-order valence-electron chi connectivity index (χ1n) is 7.15. The number of rotatable bonds is 0. The summed E-state index contributed by atoms with van der Waals surface area (Å²) in [6.07, 6.45) is 3.02. The van der Waals surface area contributed by atoms with Crippen LogP contribution in [0.5, 0.6) is 0 Å². The maximum atomic E-state index is 11.9. The van der Waals surface area contributed by atoms with Gasteiger partial charge in [0.15, 0.2) is 5.78 Å². The standard InChI is InChI=1S/C13H11NO.C4H10/c15-11-5-12-13(6-8(13)7-14-12)10-4-2-1-3-9(10)11;1-4(2)3/h1-5,8,14H,6-7H2;4H,1-3H3. The van der Waals surface area contributed by atoms with Crippen LogP contribution < -0.4 is 5.32 Å². The maximum Gasteiger partial charge on any atom is 0.187 e. The van der Waals surface area contributed by atoms with Crippen molar-refractivity contribution in [3.8, 4) is 0 Å². The molecule has 0 bridgehead atoms. The predicted octanol–water partition coefficient (Wildman–Crippen LogP) is 3.29. The van der Waals surface area contributed by atoms with Crippen LogP contribution in [0.2, 0.25) is 0 Å². The number of carbonyl (C=O) groups excluding carboxylic acids is 1. The summed E-state index contributed by atoms with van der Waals surface area (Å²) in [6.45, 7) is 7.54. The van der Waals surface area contributed by atoms with Gasteiger partial charge in [0.05, 0.1) is 0 Å². The zero-order chi connectivity index (χ0) is 13.6. The SMILES string of the molecule is CC(C)C.O=C1C=C2NCC3CC23c2ccccc21. The molecule has 2 nitrogen and oxygen atoms in total. The molecule has 0 amide bonds. The van der Waals surface area contributed by atoms with Gasteiger partial charge in [0.25, 0.3) is 0 Å². The molecule has 2 heteroatoms. The Morgan fingerprint density at radius 2 is 1.95 bits per heavy atom. The Labute approximate surface area is 114 Å². The van der Waals surface area contributed by atoms with Crippen molar-refractivity contribution >= 4 is 5.78 Å². The minimum absolute atomic E-state index is 0.159. The van der Waals surface area contributed by atoms with Gasteiger partial charge in [-0.05, 0) is 23.8 Å². The second-order valence-corrected chi connectivity index (χ2v) is 6.45. The molecule has 0 aromatic heterocycles. The molecule has 1 aliphatic heterocycles. The van der Waals surface area contributed by atoms with Crippen molar-refractivity contribution in [2.75, 3.05) is 6.54 Å². The number of fused-ring (bicyclic) bond motifs is 1. The first-order chi connectivity index (χ1) is 9.05. The topological polar surface area (TPSA) is 29.1 Å². The van der Waals surface area contributed by atoms with Gasteiger partial charge in [-0.3, -0.25) is 4.79 Å². The molecule has 4 rings (SSSR count). The lowest BCUT2D eigenvalue weighted by Gasteiger charge is -2.23. The number of piperidine rings is 1. The molecular weight excluding hydrogens is 234 g/mol. The zero-order valence-electron chi connectivity index (χ0n) is 11.9. The number of allylic oxidation sites excluding steroid dienone is 2. The van der Waals surface area contributed by atoms with E-state index in [4.69, 9.17) is 0 Å². The van der Waals surface area contributed by atoms with Crippen LogP contribution in [0.15, 0.2) is 36.0 Å². The third kappa shape index (κ3) is 1.81. The van der Waals surface area contributed by atoms with Crippen LogP contribution in [0.1, 0.15) is 43.1 Å². The second kappa shape index (κ2) is 4.22. The quantitative estimate of drug-likeness (QED) is 0.770. The van der Waals surface area contributed by atoms with E-state index in [1.165, 1.54) is 12.0 Å². The van der Waals surface area contributed by atoms with E-state index in [1.807, 2.05) is 18.2 Å². The molecule has 1 heterocycles. The number of ketones is 1. The Hall–Kier alpha value is -1.57. The van der Waals surface area contributed by atoms with Crippen LogP contribution in [0, 0.1) is 11.8 Å². The van der Waals surface area contributed by atoms with Crippen LogP contribution in [-0.4, -0.2) is 12.3 Å². The highest BCUT2D eigenvalue weighted by atomic mass is 16.1. The summed E-state index contributed by atoms with van der Waals surface area (Å²) in [5, 5.41) is 3.36. The highest BCUT2D eigenvalue weighted by Gasteiger charge is 2.63. The molecule has 19 heavy (non-hydrogen) atoms. The lowest BCUT2D eigenvalue weighted by Crippen LogP contribution is -2.24. The van der Waals surface area contributed by atoms with Gasteiger partial charge in [-0.2, -0.15) is 0 Å². The Morgan fingerprint density at radius 3 is 2.63 bits per heavy atom. The van der Waals surface area contributed by atoms with Crippen LogP contribution >= 0.6 is 0 Å². The molecule has 1 saturated carbocycles. The number of hydrogen-bond acceptors (Lipinski definition) is 2. The summed E-state index contributed by atoms with van der Waals surface area (Å²) >= 11 is 0. The van der Waals surface area contributed by atoms with Crippen molar-refractivity contribution < 1.29 is 4.79 Å². The predicted molar refractivity (Wildman–Crippen MR) is 77.2 cm³/mol. The van der Waals surface area contributed by atoms with Crippen LogP contribution in [0.3, 0.4) is 0 Å². The van der Waals surface area contributed by atoms with Crippen LogP contribution in [-0.2, 0) is 5.41 Å². The van der Waals surface area contributed by atoms with Gasteiger partial charge in [0, 0.05) is 29.3 Å². The van der Waals surface area contributed by atoms with E-state index >= 15 is 0 Å². The molecule has 0 radical (unpaired) electrons. The van der Waals surface area contributed by atoms with Crippen molar-refractivity contribution in [3.05, 3.63) is 47.2 Å². The number of hydrogen-bond donors (Lipinski definition) is 1. The van der Waals surface area contributed by atoms with Gasteiger partial charge < -0.3 is 5.32 Å². The molecule has 1 N–H and O–H groups in total. The molecular formula is C17H21NO. The number of carbonyl (C=O) groups is 1. The second-order valence-electron chi connectivity index (χ2n) is 6.45. The molecule has 1 aromatic rings. The van der Waals surface area contributed by atoms with Crippen molar-refractivity contribution in [1.29, 1.82) is 0 Å². The van der Waals surface area contributed by atoms with Gasteiger partial charge in [-0.25, -0.2) is 0 Å². The highest BCUT2D eigenvalue weighted by molar-refractivity contribution is 6.08. The summed E-state index contributed by atoms with van der Waals surface area (Å²) in [6, 6.07) is 8.06. The number of benzene rings is 1. The van der Waals surface area contributed by atoms with E-state index in [1.54, 1.807) is 6.08 Å². The molecule has 100 valence electrons. The molecule has 3 aliphatic rings. The Balaban J connectivity index is 0.000000247. The number of nitrogens with one attached hydrogen (secondary N) is 1. The lowest BCUT2D eigenvalue weighted by atomic mass is 9.82. The molecule has 1 saturated heterocycles. The molecule has 1 aromatic carbocycles. The lowest BCUT2D eigenvalue weighted by molar-refractivity contribution is 0.104. The molecule has 2 unspecified atom stereocenters. The fourth-order valence-corrected chi connectivity index (χ4v) is 3.25. The summed E-state index contributed by atoms with van der Waals surface area (Å²) < 4.78 is 0. The van der Waals surface area contributed by atoms with Crippen molar-refractivity contribution in [3.63, 3.8) is 0 Å². The largest absolute Gasteiger partial charge is 0.387 e. The fourth-order valence-electron chi connectivity index (χ4n) is 3.25. The first kappa shape index (κ1) is 12.5. The third-order valence-electron chi connectivity index (χ3n) is 4.07. The van der Waals surface area contributed by atoms with E-state index in [2.05, 4.69) is 32.2 Å². The van der Waals surface area contributed by atoms with Crippen molar-refractivity contribution in [1.82, 2.24) is 5.32 Å². The van der Waals surface area contributed by atoms with Crippen molar-refractivity contribution in [2.24, 2.45) is 11.8 Å². The minimum atomic E-state index is 0.159. The Bertz CT molecular complexity index is 555. The van der Waals surface area contributed by atoms with E-state index in [-0.39, 0.29) is 11.2 Å². The van der Waals surface area contributed by atoms with E-state index in [0.717, 1.165) is 29.6 Å². The normalized spacial score (nSPS) is 29.4. The zero-order valence-corrected chi connectivity index (χ0v) is 11.9. The minimum Gasteiger partial charge on any atom is -0.387 e. The maximum absolute atomic E-state index is 11.9. The first-order valence-corrected chi connectivity index (χ1v) is 7.15. The van der Waals surface area contributed by atoms with Gasteiger partial charge in [0.1, 0.15) is 0 Å².